The monoisotopic (exact) mass is 211 g/mol. The van der Waals surface area contributed by atoms with Gasteiger partial charge in [0.15, 0.2) is 0 Å². The van der Waals surface area contributed by atoms with Crippen LogP contribution in [0.4, 0.5) is 0 Å². The highest BCUT2D eigenvalue weighted by atomic mass is 15.2. The average Bonchev–Trinajstić information content (AvgIpc) is 2.71. The summed E-state index contributed by atoms with van der Waals surface area (Å²) in [5.74, 6) is 0.908. The minimum atomic E-state index is 0.785. The fourth-order valence-corrected chi connectivity index (χ4v) is 2.85. The van der Waals surface area contributed by atoms with Crippen LogP contribution in [-0.2, 0) is 0 Å². The van der Waals surface area contributed by atoms with E-state index in [-0.39, 0.29) is 0 Å². The van der Waals surface area contributed by atoms with Gasteiger partial charge in [-0.3, -0.25) is 0 Å². The molecule has 2 atom stereocenters. The molecule has 0 bridgehead atoms. The molecule has 2 unspecified atom stereocenters. The number of nitrogens with one attached hydrogen (secondary N) is 1. The molecule has 3 nitrogen and oxygen atoms in total. The molecule has 2 aliphatic heterocycles. The van der Waals surface area contributed by atoms with E-state index in [0.717, 1.165) is 12.0 Å². The number of hydrogen-bond acceptors (Lipinski definition) is 3. The molecule has 15 heavy (non-hydrogen) atoms. The molecule has 2 rings (SSSR count). The zero-order chi connectivity index (χ0) is 10.7. The highest BCUT2D eigenvalue weighted by Gasteiger charge is 2.24. The molecule has 2 fully saturated rings. The predicted octanol–water partition coefficient (Wildman–Crippen LogP) is 0.622. The number of rotatable bonds is 3. The molecule has 3 heteroatoms. The molecule has 0 aliphatic carbocycles. The van der Waals surface area contributed by atoms with Crippen molar-refractivity contribution in [3.05, 3.63) is 0 Å². The van der Waals surface area contributed by atoms with Crippen molar-refractivity contribution in [2.45, 2.75) is 25.3 Å². The molecule has 0 aromatic heterocycles. The Hall–Kier alpha value is -0.120. The van der Waals surface area contributed by atoms with Crippen LogP contribution in [0.15, 0.2) is 0 Å². The number of likely N-dealkylation sites (N-methyl/N-ethyl adjacent to an activating group) is 1. The molecule has 0 amide bonds. The smallest absolute Gasteiger partial charge is 0.0217 e. The first-order valence-electron chi connectivity index (χ1n) is 6.35. The van der Waals surface area contributed by atoms with Crippen LogP contribution in [0.25, 0.3) is 0 Å². The SMILES string of the molecule is CN(C)C1CCCN(CC2CCNC2)C1. The Bertz CT molecular complexity index is 185. The molecule has 0 spiro atoms. The van der Waals surface area contributed by atoms with E-state index in [9.17, 15) is 0 Å². The van der Waals surface area contributed by atoms with Gasteiger partial charge in [-0.25, -0.2) is 0 Å². The quantitative estimate of drug-likeness (QED) is 0.738. The zero-order valence-corrected chi connectivity index (χ0v) is 10.2. The van der Waals surface area contributed by atoms with Crippen molar-refractivity contribution in [2.24, 2.45) is 5.92 Å². The van der Waals surface area contributed by atoms with Crippen LogP contribution in [0, 0.1) is 5.92 Å². The van der Waals surface area contributed by atoms with Crippen LogP contribution in [0.3, 0.4) is 0 Å². The van der Waals surface area contributed by atoms with Crippen LogP contribution in [0.1, 0.15) is 19.3 Å². The summed E-state index contributed by atoms with van der Waals surface area (Å²) in [6.45, 7) is 6.39. The van der Waals surface area contributed by atoms with E-state index in [2.05, 4.69) is 29.2 Å². The minimum absolute atomic E-state index is 0.785. The third-order valence-corrected chi connectivity index (χ3v) is 3.89. The molecule has 0 aromatic rings. The maximum atomic E-state index is 3.46. The van der Waals surface area contributed by atoms with E-state index in [1.165, 1.54) is 52.0 Å². The van der Waals surface area contributed by atoms with Gasteiger partial charge < -0.3 is 15.1 Å². The average molecular weight is 211 g/mol. The summed E-state index contributed by atoms with van der Waals surface area (Å²) in [6.07, 6.45) is 4.14. The lowest BCUT2D eigenvalue weighted by atomic mass is 10.0. The number of nitrogens with zero attached hydrogens (tertiary/aromatic N) is 2. The van der Waals surface area contributed by atoms with Gasteiger partial charge in [0.2, 0.25) is 0 Å². The van der Waals surface area contributed by atoms with Gasteiger partial charge in [-0.2, -0.15) is 0 Å². The number of piperidine rings is 1. The van der Waals surface area contributed by atoms with Gasteiger partial charge in [-0.1, -0.05) is 0 Å². The molecule has 0 radical (unpaired) electrons. The van der Waals surface area contributed by atoms with Gasteiger partial charge in [0.05, 0.1) is 0 Å². The predicted molar refractivity (Wildman–Crippen MR) is 64.1 cm³/mol. The number of hydrogen-bond donors (Lipinski definition) is 1. The molecule has 88 valence electrons. The Morgan fingerprint density at radius 2 is 2.20 bits per heavy atom. The second-order valence-electron chi connectivity index (χ2n) is 5.38. The van der Waals surface area contributed by atoms with Crippen molar-refractivity contribution in [3.63, 3.8) is 0 Å². The highest BCUT2D eigenvalue weighted by Crippen LogP contribution is 2.17. The lowest BCUT2D eigenvalue weighted by Crippen LogP contribution is -2.46. The maximum absolute atomic E-state index is 3.46. The van der Waals surface area contributed by atoms with Gasteiger partial charge in [0, 0.05) is 19.1 Å². The Labute approximate surface area is 93.8 Å². The van der Waals surface area contributed by atoms with Gasteiger partial charge in [-0.15, -0.1) is 0 Å². The van der Waals surface area contributed by atoms with Crippen molar-refractivity contribution < 1.29 is 0 Å². The number of likely N-dealkylation sites (tertiary alicyclic amines) is 1. The molecular weight excluding hydrogens is 186 g/mol. The van der Waals surface area contributed by atoms with E-state index in [0.29, 0.717) is 0 Å². The summed E-state index contributed by atoms with van der Waals surface area (Å²) in [6, 6.07) is 0.785. The largest absolute Gasteiger partial charge is 0.316 e. The Kier molecular flexibility index (Phi) is 4.00. The Morgan fingerprint density at radius 3 is 2.87 bits per heavy atom. The third-order valence-electron chi connectivity index (χ3n) is 3.89. The van der Waals surface area contributed by atoms with Crippen LogP contribution in [0.5, 0.6) is 0 Å². The van der Waals surface area contributed by atoms with E-state index in [1.54, 1.807) is 0 Å². The second kappa shape index (κ2) is 5.28. The standard InChI is InChI=1S/C12H25N3/c1-14(2)12-4-3-7-15(10-12)9-11-5-6-13-8-11/h11-13H,3-10H2,1-2H3. The van der Waals surface area contributed by atoms with E-state index in [4.69, 9.17) is 0 Å². The van der Waals surface area contributed by atoms with Crippen molar-refractivity contribution in [3.8, 4) is 0 Å². The summed E-state index contributed by atoms with van der Waals surface area (Å²) < 4.78 is 0. The van der Waals surface area contributed by atoms with Crippen molar-refractivity contribution in [2.75, 3.05) is 46.8 Å². The molecule has 2 saturated heterocycles. The van der Waals surface area contributed by atoms with E-state index >= 15 is 0 Å². The second-order valence-corrected chi connectivity index (χ2v) is 5.38. The Balaban J connectivity index is 1.76. The summed E-state index contributed by atoms with van der Waals surface area (Å²) >= 11 is 0. The van der Waals surface area contributed by atoms with Crippen molar-refractivity contribution in [1.82, 2.24) is 15.1 Å². The summed E-state index contributed by atoms with van der Waals surface area (Å²) in [5, 5.41) is 3.46. The zero-order valence-electron chi connectivity index (χ0n) is 10.2. The maximum Gasteiger partial charge on any atom is 0.0217 e. The van der Waals surface area contributed by atoms with Crippen molar-refractivity contribution in [1.29, 1.82) is 0 Å². The molecule has 2 aliphatic rings. The van der Waals surface area contributed by atoms with E-state index in [1.807, 2.05) is 0 Å². The van der Waals surface area contributed by atoms with Crippen LogP contribution >= 0.6 is 0 Å². The molecule has 1 N–H and O–H groups in total. The molecule has 0 aromatic carbocycles. The normalized spacial score (nSPS) is 33.8. The van der Waals surface area contributed by atoms with Crippen LogP contribution in [0.2, 0.25) is 0 Å². The van der Waals surface area contributed by atoms with Crippen molar-refractivity contribution >= 4 is 0 Å². The first-order chi connectivity index (χ1) is 7.25. The molecule has 2 heterocycles. The van der Waals surface area contributed by atoms with Crippen LogP contribution in [-0.4, -0.2) is 62.7 Å². The fraction of sp³-hybridized carbons (Fsp3) is 1.00. The first-order valence-corrected chi connectivity index (χ1v) is 6.35. The van der Waals surface area contributed by atoms with Crippen LogP contribution < -0.4 is 5.32 Å². The summed E-state index contributed by atoms with van der Waals surface area (Å²) in [7, 11) is 4.43. The van der Waals surface area contributed by atoms with Gasteiger partial charge >= 0.3 is 0 Å². The third kappa shape index (κ3) is 3.16. The van der Waals surface area contributed by atoms with Gasteiger partial charge in [0.25, 0.3) is 0 Å². The first kappa shape index (κ1) is 11.4. The summed E-state index contributed by atoms with van der Waals surface area (Å²) in [5.41, 5.74) is 0. The Morgan fingerprint density at radius 1 is 1.33 bits per heavy atom. The minimum Gasteiger partial charge on any atom is -0.316 e. The molecular formula is C12H25N3. The van der Waals surface area contributed by atoms with E-state index < -0.39 is 0 Å². The summed E-state index contributed by atoms with van der Waals surface area (Å²) in [4.78, 5) is 5.06. The molecule has 0 saturated carbocycles. The lowest BCUT2D eigenvalue weighted by molar-refractivity contribution is 0.120. The highest BCUT2D eigenvalue weighted by molar-refractivity contribution is 4.81. The lowest BCUT2D eigenvalue weighted by Gasteiger charge is -2.37. The van der Waals surface area contributed by atoms with Gasteiger partial charge in [0.1, 0.15) is 0 Å². The topological polar surface area (TPSA) is 18.5 Å². The fourth-order valence-electron chi connectivity index (χ4n) is 2.85. The van der Waals surface area contributed by atoms with Gasteiger partial charge in [-0.05, 0) is 58.9 Å².